The average Bonchev–Trinajstić information content (AvgIpc) is 2.84. The van der Waals surface area contributed by atoms with Crippen LogP contribution in [0.1, 0.15) is 30.5 Å². The van der Waals surface area contributed by atoms with Gasteiger partial charge in [0.05, 0.1) is 55.2 Å². The molecule has 0 saturated carbocycles. The summed E-state index contributed by atoms with van der Waals surface area (Å²) in [7, 11) is -3.92. The number of hydrogen-bond acceptors (Lipinski definition) is 7. The Kier molecular flexibility index (Phi) is 12.9. The fraction of sp³-hybridized carbons (Fsp3) is 0.500. The molecule has 1 heterocycles. The Balaban J connectivity index is 0.000000830. The molecule has 0 aromatic heterocycles. The molecule has 1 saturated heterocycles. The monoisotopic (exact) mass is 522 g/mol. The van der Waals surface area contributed by atoms with Gasteiger partial charge in [0.2, 0.25) is 0 Å². The van der Waals surface area contributed by atoms with E-state index in [1.807, 2.05) is 55.5 Å². The fourth-order valence-corrected chi connectivity index (χ4v) is 4.14. The lowest BCUT2D eigenvalue weighted by Crippen LogP contribution is -3.14. The Morgan fingerprint density at radius 1 is 1.11 bits per heavy atom. The highest BCUT2D eigenvalue weighted by molar-refractivity contribution is 7.84. The van der Waals surface area contributed by atoms with Gasteiger partial charge in [0, 0.05) is 19.1 Å². The van der Waals surface area contributed by atoms with Gasteiger partial charge in [-0.25, -0.2) is 13.2 Å². The number of morpholine rings is 1. The van der Waals surface area contributed by atoms with Crippen LogP contribution in [0.15, 0.2) is 60.7 Å². The number of aliphatic hydroxyl groups excluding tert-OH is 1. The highest BCUT2D eigenvalue weighted by Crippen LogP contribution is 2.25. The van der Waals surface area contributed by atoms with E-state index in [4.69, 9.17) is 22.4 Å². The highest BCUT2D eigenvalue weighted by Gasteiger charge is 2.30. The molecule has 1 aliphatic heterocycles. The van der Waals surface area contributed by atoms with E-state index in [0.717, 1.165) is 50.4 Å². The molecule has 2 atom stereocenters. The minimum Gasteiger partial charge on any atom is -0.748 e. The third-order valence-electron chi connectivity index (χ3n) is 5.76. The number of carbonyl (C=O) groups is 1. The predicted octanol–water partition coefficient (Wildman–Crippen LogP) is 1.26. The van der Waals surface area contributed by atoms with Crippen LogP contribution in [0.2, 0.25) is 0 Å². The smallest absolute Gasteiger partial charge is 0.410 e. The van der Waals surface area contributed by atoms with E-state index in [2.05, 4.69) is 12.1 Å². The number of ether oxygens (including phenoxy) is 2. The molecule has 1 aliphatic rings. The topological polar surface area (TPSA) is 121 Å². The van der Waals surface area contributed by atoms with E-state index in [9.17, 15) is 9.90 Å². The van der Waals surface area contributed by atoms with Gasteiger partial charge in [0.15, 0.2) is 0 Å². The molecule has 1 fully saturated rings. The molecular weight excluding hydrogens is 484 g/mol. The summed E-state index contributed by atoms with van der Waals surface area (Å²) in [5.74, 6) is 0. The van der Waals surface area contributed by atoms with Crippen molar-refractivity contribution in [1.29, 1.82) is 0 Å². The summed E-state index contributed by atoms with van der Waals surface area (Å²) >= 11 is 0. The standard InChI is InChI=1S/C25H34N2O4.CH4O3S/c1-2-31-25(29)27(20-23(28)19-21-9-5-3-6-10-21)24(22-11-7-4-8-12-22)13-14-26-15-17-30-18-16-26;1-5(2,3)4/h3-12,23-24,28H,2,13-20H2,1H3;1H3,(H,2,3,4)/t23-,24+;/m1./s1. The molecule has 0 bridgehead atoms. The van der Waals surface area contributed by atoms with Crippen molar-refractivity contribution >= 4 is 16.2 Å². The van der Waals surface area contributed by atoms with E-state index < -0.39 is 16.2 Å². The van der Waals surface area contributed by atoms with E-state index in [1.54, 1.807) is 4.90 Å². The number of carbonyl (C=O) groups excluding carboxylic acids is 1. The number of rotatable bonds is 10. The van der Waals surface area contributed by atoms with Crippen molar-refractivity contribution in [3.05, 3.63) is 71.8 Å². The lowest BCUT2D eigenvalue weighted by atomic mass is 10.00. The van der Waals surface area contributed by atoms with E-state index >= 15 is 0 Å². The van der Waals surface area contributed by atoms with Gasteiger partial charge in [-0.2, -0.15) is 0 Å². The number of nitrogens with zero attached hydrogens (tertiary/aromatic N) is 1. The first-order valence-corrected chi connectivity index (χ1v) is 14.0. The maximum absolute atomic E-state index is 13.0. The molecule has 3 rings (SSSR count). The van der Waals surface area contributed by atoms with Crippen LogP contribution in [0.4, 0.5) is 4.79 Å². The zero-order valence-corrected chi connectivity index (χ0v) is 21.9. The first-order chi connectivity index (χ1) is 17.2. The second-order valence-electron chi connectivity index (χ2n) is 8.73. The van der Waals surface area contributed by atoms with Crippen molar-refractivity contribution in [2.45, 2.75) is 31.9 Å². The molecule has 2 aromatic carbocycles. The van der Waals surface area contributed by atoms with E-state index in [1.165, 1.54) is 4.90 Å². The lowest BCUT2D eigenvalue weighted by Gasteiger charge is -2.34. The van der Waals surface area contributed by atoms with Crippen LogP contribution in [0.25, 0.3) is 0 Å². The first-order valence-electron chi connectivity index (χ1n) is 12.2. The summed E-state index contributed by atoms with van der Waals surface area (Å²) in [6, 6.07) is 19.8. The zero-order valence-electron chi connectivity index (χ0n) is 21.0. The number of hydrogen-bond donors (Lipinski definition) is 2. The Morgan fingerprint density at radius 3 is 2.22 bits per heavy atom. The normalized spacial score (nSPS) is 15.8. The SMILES string of the molecule is CCOC(=O)N(C[C@H](O)Cc1ccccc1)[C@@H](CC[NH+]1CCOCC1)c1ccccc1.CS(=O)(=O)[O-]. The third-order valence-corrected chi connectivity index (χ3v) is 5.76. The summed E-state index contributed by atoms with van der Waals surface area (Å²) in [5.41, 5.74) is 2.11. The van der Waals surface area contributed by atoms with Crippen LogP contribution in [0, 0.1) is 0 Å². The Labute approximate surface area is 214 Å². The Bertz CT molecular complexity index is 976. The van der Waals surface area contributed by atoms with Gasteiger partial charge >= 0.3 is 6.09 Å². The van der Waals surface area contributed by atoms with Gasteiger partial charge < -0.3 is 24.0 Å². The van der Waals surface area contributed by atoms with Gasteiger partial charge in [-0.05, 0) is 18.1 Å². The molecule has 36 heavy (non-hydrogen) atoms. The number of aliphatic hydroxyl groups is 1. The summed E-state index contributed by atoms with van der Waals surface area (Å²) < 4.78 is 38.1. The quantitative estimate of drug-likeness (QED) is 0.451. The molecule has 0 spiro atoms. The highest BCUT2D eigenvalue weighted by atomic mass is 32.2. The third kappa shape index (κ3) is 12.0. The molecule has 9 nitrogen and oxygen atoms in total. The van der Waals surface area contributed by atoms with Gasteiger partial charge in [0.1, 0.15) is 13.1 Å². The van der Waals surface area contributed by atoms with Crippen LogP contribution in [0.3, 0.4) is 0 Å². The maximum atomic E-state index is 13.0. The van der Waals surface area contributed by atoms with Crippen LogP contribution in [-0.4, -0.2) is 87.4 Å². The summed E-state index contributed by atoms with van der Waals surface area (Å²) in [5, 5.41) is 10.8. The molecule has 0 unspecified atom stereocenters. The van der Waals surface area contributed by atoms with Crippen LogP contribution >= 0.6 is 0 Å². The number of quaternary nitrogens is 1. The maximum Gasteiger partial charge on any atom is 0.410 e. The van der Waals surface area contributed by atoms with Crippen molar-refractivity contribution < 1.29 is 37.2 Å². The molecule has 2 N–H and O–H groups in total. The first kappa shape index (κ1) is 29.7. The minimum atomic E-state index is -3.92. The number of benzene rings is 2. The molecule has 10 heteroatoms. The minimum absolute atomic E-state index is 0.152. The lowest BCUT2D eigenvalue weighted by molar-refractivity contribution is -0.908. The van der Waals surface area contributed by atoms with Crippen molar-refractivity contribution in [3.8, 4) is 0 Å². The second-order valence-corrected chi connectivity index (χ2v) is 10.1. The van der Waals surface area contributed by atoms with Gasteiger partial charge in [-0.15, -0.1) is 0 Å². The second kappa shape index (κ2) is 15.6. The predicted molar refractivity (Wildman–Crippen MR) is 136 cm³/mol. The van der Waals surface area contributed by atoms with Crippen LogP contribution in [-0.2, 0) is 26.0 Å². The van der Waals surface area contributed by atoms with Crippen LogP contribution in [0.5, 0.6) is 0 Å². The zero-order chi connectivity index (χ0) is 26.4. The molecule has 200 valence electrons. The molecule has 0 aliphatic carbocycles. The largest absolute Gasteiger partial charge is 0.748 e. The molecule has 1 amide bonds. The van der Waals surface area contributed by atoms with Gasteiger partial charge in [-0.1, -0.05) is 60.7 Å². The summed E-state index contributed by atoms with van der Waals surface area (Å²) in [6.45, 7) is 6.81. The van der Waals surface area contributed by atoms with Crippen molar-refractivity contribution in [2.24, 2.45) is 0 Å². The fourth-order valence-electron chi connectivity index (χ4n) is 4.14. The summed E-state index contributed by atoms with van der Waals surface area (Å²) in [4.78, 5) is 16.2. The Hall–Kier alpha value is -2.50. The van der Waals surface area contributed by atoms with Crippen LogP contribution < -0.4 is 4.90 Å². The van der Waals surface area contributed by atoms with Gasteiger partial charge in [0.25, 0.3) is 0 Å². The summed E-state index contributed by atoms with van der Waals surface area (Å²) in [6.07, 6.45) is 0.852. The molecule has 0 radical (unpaired) electrons. The molecular formula is C26H38N2O7S. The molecule has 2 aromatic rings. The van der Waals surface area contributed by atoms with Crippen molar-refractivity contribution in [1.82, 2.24) is 4.90 Å². The van der Waals surface area contributed by atoms with E-state index in [0.29, 0.717) is 19.3 Å². The Morgan fingerprint density at radius 2 is 1.67 bits per heavy atom. The number of nitrogens with one attached hydrogen (secondary N) is 1. The van der Waals surface area contributed by atoms with E-state index in [-0.39, 0.29) is 18.7 Å². The van der Waals surface area contributed by atoms with Crippen molar-refractivity contribution in [3.63, 3.8) is 0 Å². The van der Waals surface area contributed by atoms with Crippen molar-refractivity contribution in [2.75, 3.05) is 52.3 Å². The number of amides is 1. The van der Waals surface area contributed by atoms with Gasteiger partial charge in [-0.3, -0.25) is 4.90 Å². The average molecular weight is 523 g/mol.